The number of rotatable bonds is 1. The Balaban J connectivity index is 3.30. The number of hydrogen-bond donors (Lipinski definition) is 1. The van der Waals surface area contributed by atoms with E-state index in [0.717, 1.165) is 0 Å². The quantitative estimate of drug-likeness (QED) is 0.351. The summed E-state index contributed by atoms with van der Waals surface area (Å²) in [5.41, 5.74) is 0. The third kappa shape index (κ3) is 2.94. The Hall–Kier alpha value is -1.06. The van der Waals surface area contributed by atoms with Crippen LogP contribution in [0.1, 0.15) is 0 Å². The van der Waals surface area contributed by atoms with Crippen LogP contribution in [-0.2, 0) is 4.79 Å². The predicted octanol–water partition coefficient (Wildman–Crippen LogP) is -0.360. The summed E-state index contributed by atoms with van der Waals surface area (Å²) in [5.74, 6) is -1.31. The first-order valence-electron chi connectivity index (χ1n) is 1.16. The molecule has 0 aromatic heterocycles. The van der Waals surface area contributed by atoms with Gasteiger partial charge in [-0.15, -0.1) is 0 Å². The van der Waals surface area contributed by atoms with Gasteiger partial charge in [0, 0.05) is 0 Å². The van der Waals surface area contributed by atoms with Crippen LogP contribution in [0.4, 0.5) is 0 Å². The van der Waals surface area contributed by atoms with E-state index in [9.17, 15) is 4.79 Å². The molecule has 0 aromatic carbocycles. The number of carbonyl (C=O) groups is 1. The Bertz CT molecular complexity index is 76.9. The molecule has 34 valence electrons. The maximum Gasteiger partial charge on any atom is 0.346 e. The minimum Gasteiger partial charge on any atom is -0.792 e. The number of carboxylic acid groups (broad SMARTS) is 1. The molecule has 0 unspecified atom stereocenters. The summed E-state index contributed by atoms with van der Waals surface area (Å²) in [6.45, 7) is 0. The lowest BCUT2D eigenvalue weighted by atomic mass is 10.8. The van der Waals surface area contributed by atoms with Gasteiger partial charge >= 0.3 is 5.97 Å². The third-order valence-corrected chi connectivity index (χ3v) is 0.163. The smallest absolute Gasteiger partial charge is 0.346 e. The molecule has 0 aromatic rings. The van der Waals surface area contributed by atoms with Crippen LogP contribution in [0.5, 0.6) is 0 Å². The summed E-state index contributed by atoms with van der Waals surface area (Å²) in [6, 6.07) is 0. The van der Waals surface area contributed by atoms with Gasteiger partial charge in [0.15, 0.2) is 0 Å². The Morgan fingerprint density at radius 3 is 2.50 bits per heavy atom. The molecule has 0 fully saturated rings. The standard InChI is InChI=1S/C2H3NO3/c4-2(5)1-3-6/h1,6H,(H,4,5)/p-1/b3-1-. The molecular weight excluding hydrogens is 86.0 g/mol. The Labute approximate surface area is 33.7 Å². The summed E-state index contributed by atoms with van der Waals surface area (Å²) in [6.07, 6.45) is 0.278. The Kier molecular flexibility index (Phi) is 1.81. The fourth-order valence-corrected chi connectivity index (χ4v) is 0.0451. The summed E-state index contributed by atoms with van der Waals surface area (Å²) < 4.78 is 0. The molecule has 0 saturated heterocycles. The van der Waals surface area contributed by atoms with Crippen molar-refractivity contribution in [3.8, 4) is 0 Å². The summed E-state index contributed by atoms with van der Waals surface area (Å²) >= 11 is 0. The van der Waals surface area contributed by atoms with Crippen LogP contribution >= 0.6 is 0 Å². The van der Waals surface area contributed by atoms with Gasteiger partial charge in [0.1, 0.15) is 6.21 Å². The van der Waals surface area contributed by atoms with Gasteiger partial charge < -0.3 is 15.5 Å². The van der Waals surface area contributed by atoms with Crippen molar-refractivity contribution in [1.82, 2.24) is 0 Å². The maximum absolute atomic E-state index is 9.25. The van der Waals surface area contributed by atoms with Crippen molar-refractivity contribution < 1.29 is 9.90 Å². The lowest BCUT2D eigenvalue weighted by Crippen LogP contribution is -1.92. The fraction of sp³-hybridized carbons (Fsp3) is 0. The molecule has 0 aliphatic carbocycles. The van der Waals surface area contributed by atoms with Crippen molar-refractivity contribution in [3.63, 3.8) is 0 Å². The lowest BCUT2D eigenvalue weighted by molar-refractivity contribution is -0.128. The molecule has 4 heteroatoms. The maximum atomic E-state index is 9.25. The monoisotopic (exact) mass is 88.0 g/mol. The van der Waals surface area contributed by atoms with Crippen LogP contribution in [0.25, 0.3) is 0 Å². The highest BCUT2D eigenvalue weighted by Gasteiger charge is 1.77. The zero-order valence-electron chi connectivity index (χ0n) is 2.79. The fourth-order valence-electron chi connectivity index (χ4n) is 0.0451. The van der Waals surface area contributed by atoms with Crippen molar-refractivity contribution in [1.29, 1.82) is 0 Å². The van der Waals surface area contributed by atoms with E-state index in [2.05, 4.69) is 0 Å². The highest BCUT2D eigenvalue weighted by molar-refractivity contribution is 6.22. The number of aliphatic carboxylic acids is 1. The number of carboxylic acids is 1. The average Bonchev–Trinajstić information content (AvgIpc) is 1.35. The Morgan fingerprint density at radius 1 is 2.00 bits per heavy atom. The predicted molar refractivity (Wildman–Crippen MR) is 19.5 cm³/mol. The molecule has 0 amide bonds. The molecule has 0 spiro atoms. The minimum atomic E-state index is -1.31. The van der Waals surface area contributed by atoms with E-state index in [4.69, 9.17) is 10.3 Å². The first-order valence-corrected chi connectivity index (χ1v) is 1.16. The molecule has 0 saturated carbocycles. The molecule has 6 heavy (non-hydrogen) atoms. The van der Waals surface area contributed by atoms with Crippen molar-refractivity contribution in [2.75, 3.05) is 0 Å². The summed E-state index contributed by atoms with van der Waals surface area (Å²) in [4.78, 5) is 9.25. The summed E-state index contributed by atoms with van der Waals surface area (Å²) in [5, 5.41) is 18.5. The first-order chi connectivity index (χ1) is 2.77. The molecule has 0 atom stereocenters. The van der Waals surface area contributed by atoms with E-state index in [0.29, 0.717) is 0 Å². The topological polar surface area (TPSA) is 72.7 Å². The van der Waals surface area contributed by atoms with Gasteiger partial charge in [-0.25, -0.2) is 4.79 Å². The van der Waals surface area contributed by atoms with Gasteiger partial charge in [-0.2, -0.15) is 0 Å². The first kappa shape index (κ1) is 4.94. The zero-order valence-corrected chi connectivity index (χ0v) is 2.79. The summed E-state index contributed by atoms with van der Waals surface area (Å²) in [7, 11) is 0. The van der Waals surface area contributed by atoms with E-state index in [1.807, 2.05) is 5.16 Å². The highest BCUT2D eigenvalue weighted by atomic mass is 16.4. The van der Waals surface area contributed by atoms with Crippen molar-refractivity contribution >= 4 is 12.2 Å². The van der Waals surface area contributed by atoms with Crippen LogP contribution in [0.2, 0.25) is 0 Å². The molecule has 0 rings (SSSR count). The largest absolute Gasteiger partial charge is 0.792 e. The van der Waals surface area contributed by atoms with E-state index >= 15 is 0 Å². The van der Waals surface area contributed by atoms with Crippen LogP contribution in [0, 0.1) is 5.21 Å². The third-order valence-electron chi connectivity index (χ3n) is 0.163. The second-order valence-corrected chi connectivity index (χ2v) is 0.573. The van der Waals surface area contributed by atoms with E-state index in [1.165, 1.54) is 0 Å². The van der Waals surface area contributed by atoms with E-state index < -0.39 is 5.97 Å². The number of nitrogens with zero attached hydrogens (tertiary/aromatic N) is 1. The van der Waals surface area contributed by atoms with Gasteiger partial charge in [0.25, 0.3) is 0 Å². The second-order valence-electron chi connectivity index (χ2n) is 0.573. The van der Waals surface area contributed by atoms with Gasteiger partial charge in [-0.1, -0.05) is 0 Å². The van der Waals surface area contributed by atoms with E-state index in [-0.39, 0.29) is 6.21 Å². The molecule has 0 aliphatic rings. The normalized spacial score (nSPS) is 9.33. The molecule has 0 radical (unpaired) electrons. The minimum absolute atomic E-state index is 0.278. The van der Waals surface area contributed by atoms with Gasteiger partial charge in [-0.3, -0.25) is 0 Å². The van der Waals surface area contributed by atoms with Crippen LogP contribution < -0.4 is 0 Å². The van der Waals surface area contributed by atoms with Crippen LogP contribution in [-0.4, -0.2) is 17.3 Å². The molecule has 0 bridgehead atoms. The molecule has 0 aliphatic heterocycles. The van der Waals surface area contributed by atoms with E-state index in [1.54, 1.807) is 0 Å². The SMILES string of the molecule is O=C(O)/C=N\[O-]. The van der Waals surface area contributed by atoms with Crippen LogP contribution in [0.15, 0.2) is 5.16 Å². The highest BCUT2D eigenvalue weighted by Crippen LogP contribution is 1.53. The van der Waals surface area contributed by atoms with Gasteiger partial charge in [-0.05, 0) is 0 Å². The molecule has 0 heterocycles. The number of hydrogen-bond acceptors (Lipinski definition) is 3. The zero-order chi connectivity index (χ0) is 4.99. The van der Waals surface area contributed by atoms with Crippen molar-refractivity contribution in [3.05, 3.63) is 5.21 Å². The Morgan fingerprint density at radius 2 is 2.50 bits per heavy atom. The molecule has 1 N–H and O–H groups in total. The van der Waals surface area contributed by atoms with Crippen molar-refractivity contribution in [2.45, 2.75) is 0 Å². The van der Waals surface area contributed by atoms with Gasteiger partial charge in [0.2, 0.25) is 0 Å². The van der Waals surface area contributed by atoms with Gasteiger partial charge in [0.05, 0.1) is 0 Å². The lowest BCUT2D eigenvalue weighted by Gasteiger charge is -1.81. The van der Waals surface area contributed by atoms with Crippen LogP contribution in [0.3, 0.4) is 0 Å². The average molecular weight is 88.0 g/mol. The second kappa shape index (κ2) is 2.19. The van der Waals surface area contributed by atoms with Crippen molar-refractivity contribution in [2.24, 2.45) is 5.16 Å². The molecule has 4 nitrogen and oxygen atoms in total. The molecular formula is C2H2NO3-.